The first kappa shape index (κ1) is 18.2. The van der Waals surface area contributed by atoms with Crippen LogP contribution in [0.25, 0.3) is 0 Å². The van der Waals surface area contributed by atoms with Gasteiger partial charge in [0.25, 0.3) is 5.91 Å². The number of carbonyl (C=O) groups is 2. The van der Waals surface area contributed by atoms with Crippen molar-refractivity contribution in [1.29, 1.82) is 0 Å². The molecule has 0 radical (unpaired) electrons. The lowest BCUT2D eigenvalue weighted by Crippen LogP contribution is -2.51. The summed E-state index contributed by atoms with van der Waals surface area (Å²) in [5.41, 5.74) is 7.04. The number of nitrogens with two attached hydrogens (primary N) is 1. The van der Waals surface area contributed by atoms with E-state index in [9.17, 15) is 9.59 Å². The van der Waals surface area contributed by atoms with Gasteiger partial charge in [0.15, 0.2) is 6.10 Å². The molecule has 26 heavy (non-hydrogen) atoms. The van der Waals surface area contributed by atoms with Gasteiger partial charge < -0.3 is 15.4 Å². The Labute approximate surface area is 157 Å². The highest BCUT2D eigenvalue weighted by Gasteiger charge is 2.32. The highest BCUT2D eigenvalue weighted by atomic mass is 35.5. The van der Waals surface area contributed by atoms with E-state index in [0.29, 0.717) is 23.0 Å². The molecule has 2 N–H and O–H groups in total. The number of likely N-dealkylation sites (N-methyl/N-ethyl adjacent to an activating group) is 1. The Morgan fingerprint density at radius 2 is 2.04 bits per heavy atom. The largest absolute Gasteiger partial charge is 0.477 e. The van der Waals surface area contributed by atoms with E-state index in [1.54, 1.807) is 23.1 Å². The molecule has 1 aliphatic heterocycles. The van der Waals surface area contributed by atoms with Crippen molar-refractivity contribution in [3.05, 3.63) is 59.1 Å². The number of primary amides is 1. The Kier molecular flexibility index (Phi) is 5.44. The molecule has 0 aliphatic carbocycles. The summed E-state index contributed by atoms with van der Waals surface area (Å²) in [7, 11) is 1.86. The molecule has 0 bridgehead atoms. The van der Waals surface area contributed by atoms with E-state index in [0.717, 1.165) is 5.56 Å². The first-order valence-corrected chi connectivity index (χ1v) is 8.60. The number of benzene rings is 2. The van der Waals surface area contributed by atoms with Gasteiger partial charge in [-0.05, 0) is 36.9 Å². The summed E-state index contributed by atoms with van der Waals surface area (Å²) in [6, 6.07) is 14.6. The van der Waals surface area contributed by atoms with Crippen molar-refractivity contribution in [3.63, 3.8) is 0 Å². The molecule has 1 heterocycles. The number of halogens is 1. The van der Waals surface area contributed by atoms with Gasteiger partial charge in [-0.25, -0.2) is 0 Å². The fourth-order valence-electron chi connectivity index (χ4n) is 2.94. The lowest BCUT2D eigenvalue weighted by Gasteiger charge is -2.34. The Hall–Kier alpha value is -2.57. The molecule has 0 fully saturated rings. The zero-order valence-electron chi connectivity index (χ0n) is 14.4. The second kappa shape index (κ2) is 7.76. The van der Waals surface area contributed by atoms with Crippen LogP contribution in [-0.2, 0) is 16.1 Å². The summed E-state index contributed by atoms with van der Waals surface area (Å²) in [6.07, 6.45) is -0.855. The molecule has 3 rings (SSSR count). The maximum absolute atomic E-state index is 12.8. The summed E-state index contributed by atoms with van der Waals surface area (Å²) < 4.78 is 5.59. The van der Waals surface area contributed by atoms with Gasteiger partial charge in [-0.3, -0.25) is 14.5 Å². The smallest absolute Gasteiger partial charge is 0.260 e. The molecule has 2 aromatic rings. The Morgan fingerprint density at radius 3 is 2.77 bits per heavy atom. The normalized spacial score (nSPS) is 16.1. The number of para-hydroxylation sites is 2. The van der Waals surface area contributed by atoms with Crippen molar-refractivity contribution in [3.8, 4) is 5.75 Å². The molecule has 0 saturated carbocycles. The van der Waals surface area contributed by atoms with Gasteiger partial charge >= 0.3 is 0 Å². The highest BCUT2D eigenvalue weighted by molar-refractivity contribution is 6.30. The molecule has 0 aromatic heterocycles. The van der Waals surface area contributed by atoms with E-state index in [1.807, 2.05) is 42.3 Å². The second-order valence-corrected chi connectivity index (χ2v) is 6.72. The van der Waals surface area contributed by atoms with Gasteiger partial charge in [0.05, 0.1) is 18.8 Å². The fraction of sp³-hybridized carbons (Fsp3) is 0.263. The number of carbonyl (C=O) groups excluding carboxylic acids is 2. The topological polar surface area (TPSA) is 75.9 Å². The van der Waals surface area contributed by atoms with Crippen LogP contribution < -0.4 is 15.4 Å². The summed E-state index contributed by atoms with van der Waals surface area (Å²) >= 11 is 6.01. The van der Waals surface area contributed by atoms with Gasteiger partial charge in [0, 0.05) is 11.6 Å². The maximum atomic E-state index is 12.8. The van der Waals surface area contributed by atoms with Crippen LogP contribution in [0.3, 0.4) is 0 Å². The van der Waals surface area contributed by atoms with Crippen LogP contribution in [0.15, 0.2) is 48.5 Å². The Balaban J connectivity index is 1.73. The zero-order valence-corrected chi connectivity index (χ0v) is 15.1. The zero-order chi connectivity index (χ0) is 18.7. The van der Waals surface area contributed by atoms with E-state index in [4.69, 9.17) is 22.1 Å². The third-order valence-corrected chi connectivity index (χ3v) is 4.37. The quantitative estimate of drug-likeness (QED) is 0.870. The molecule has 7 heteroatoms. The SMILES string of the molecule is CN(CC(=O)N1C[C@H](C(N)=O)Oc2ccccc21)Cc1cccc(Cl)c1. The first-order chi connectivity index (χ1) is 12.4. The van der Waals surface area contributed by atoms with E-state index in [2.05, 4.69) is 0 Å². The molecule has 2 amide bonds. The third-order valence-electron chi connectivity index (χ3n) is 4.14. The molecule has 6 nitrogen and oxygen atoms in total. The van der Waals surface area contributed by atoms with Crippen LogP contribution in [0.1, 0.15) is 5.56 Å². The number of ether oxygens (including phenoxy) is 1. The summed E-state index contributed by atoms with van der Waals surface area (Å²) in [6.45, 7) is 0.875. The highest BCUT2D eigenvalue weighted by Crippen LogP contribution is 2.33. The van der Waals surface area contributed by atoms with Gasteiger partial charge in [0.1, 0.15) is 5.75 Å². The average Bonchev–Trinajstić information content (AvgIpc) is 2.60. The van der Waals surface area contributed by atoms with Crippen LogP contribution in [0.2, 0.25) is 5.02 Å². The number of hydrogen-bond acceptors (Lipinski definition) is 4. The van der Waals surface area contributed by atoms with Gasteiger partial charge in [-0.15, -0.1) is 0 Å². The molecule has 136 valence electrons. The fourth-order valence-corrected chi connectivity index (χ4v) is 3.15. The molecule has 0 spiro atoms. The average molecular weight is 374 g/mol. The van der Waals surface area contributed by atoms with Crippen LogP contribution >= 0.6 is 11.6 Å². The lowest BCUT2D eigenvalue weighted by molar-refractivity contribution is -0.125. The number of rotatable bonds is 5. The number of amides is 2. The minimum atomic E-state index is -0.855. The third kappa shape index (κ3) is 4.15. The van der Waals surface area contributed by atoms with E-state index < -0.39 is 12.0 Å². The van der Waals surface area contributed by atoms with Crippen molar-refractivity contribution in [1.82, 2.24) is 4.90 Å². The lowest BCUT2D eigenvalue weighted by atomic mass is 10.1. The Morgan fingerprint density at radius 1 is 1.27 bits per heavy atom. The number of hydrogen-bond donors (Lipinski definition) is 1. The summed E-state index contributed by atoms with van der Waals surface area (Å²) in [4.78, 5) is 27.9. The molecule has 1 atom stereocenters. The minimum absolute atomic E-state index is 0.107. The van der Waals surface area contributed by atoms with E-state index in [1.165, 1.54) is 0 Å². The van der Waals surface area contributed by atoms with Crippen LogP contribution in [0.4, 0.5) is 5.69 Å². The molecule has 0 saturated heterocycles. The standard InChI is InChI=1S/C19H20ClN3O3/c1-22(10-13-5-4-6-14(20)9-13)12-18(24)23-11-17(19(21)25)26-16-8-3-2-7-15(16)23/h2-9,17H,10-12H2,1H3,(H2,21,25)/t17-/m1/s1. The van der Waals surface area contributed by atoms with E-state index >= 15 is 0 Å². The predicted molar refractivity (Wildman–Crippen MR) is 100 cm³/mol. The van der Waals surface area contributed by atoms with Gasteiger partial charge in [-0.1, -0.05) is 35.9 Å². The number of anilines is 1. The Bertz CT molecular complexity index is 827. The summed E-state index contributed by atoms with van der Waals surface area (Å²) in [5, 5.41) is 0.661. The number of fused-ring (bicyclic) bond motifs is 1. The second-order valence-electron chi connectivity index (χ2n) is 6.28. The summed E-state index contributed by atoms with van der Waals surface area (Å²) in [5.74, 6) is -0.241. The van der Waals surface area contributed by atoms with E-state index in [-0.39, 0.29) is 19.0 Å². The van der Waals surface area contributed by atoms with Crippen molar-refractivity contribution in [2.45, 2.75) is 12.6 Å². The monoisotopic (exact) mass is 373 g/mol. The van der Waals surface area contributed by atoms with Gasteiger partial charge in [-0.2, -0.15) is 0 Å². The van der Waals surface area contributed by atoms with Crippen LogP contribution in [0, 0.1) is 0 Å². The van der Waals surface area contributed by atoms with Crippen molar-refractivity contribution in [2.24, 2.45) is 5.73 Å². The molecular formula is C19H20ClN3O3. The molecule has 1 aliphatic rings. The van der Waals surface area contributed by atoms with Crippen LogP contribution in [-0.4, -0.2) is 43.0 Å². The van der Waals surface area contributed by atoms with Crippen molar-refractivity contribution >= 4 is 29.1 Å². The van der Waals surface area contributed by atoms with Gasteiger partial charge in [0.2, 0.25) is 5.91 Å². The van der Waals surface area contributed by atoms with Crippen molar-refractivity contribution in [2.75, 3.05) is 25.0 Å². The first-order valence-electron chi connectivity index (χ1n) is 8.22. The van der Waals surface area contributed by atoms with Crippen LogP contribution in [0.5, 0.6) is 5.75 Å². The molecule has 2 aromatic carbocycles. The number of nitrogens with zero attached hydrogens (tertiary/aromatic N) is 2. The van der Waals surface area contributed by atoms with Crippen molar-refractivity contribution < 1.29 is 14.3 Å². The molecular weight excluding hydrogens is 354 g/mol. The predicted octanol–water partition coefficient (Wildman–Crippen LogP) is 2.05. The minimum Gasteiger partial charge on any atom is -0.477 e. The molecule has 0 unspecified atom stereocenters. The maximum Gasteiger partial charge on any atom is 0.260 e.